The highest BCUT2D eigenvalue weighted by atomic mass is 16.6. The number of carbonyl (C=O) groups is 2. The maximum absolute atomic E-state index is 13.5. The van der Waals surface area contributed by atoms with E-state index in [1.165, 1.54) is 12.1 Å². The molecule has 0 saturated heterocycles. The molecular formula is C29H28N2O5. The van der Waals surface area contributed by atoms with E-state index in [0.717, 1.165) is 27.8 Å². The van der Waals surface area contributed by atoms with Crippen LogP contribution in [0.15, 0.2) is 84.1 Å². The first-order valence-electron chi connectivity index (χ1n) is 11.8. The Labute approximate surface area is 210 Å². The average Bonchev–Trinajstić information content (AvgIpc) is 2.87. The number of hydrogen-bond acceptors (Lipinski definition) is 5. The third-order valence-electron chi connectivity index (χ3n) is 6.55. The molecule has 36 heavy (non-hydrogen) atoms. The molecule has 3 aromatic carbocycles. The number of rotatable bonds is 7. The smallest absolute Gasteiger partial charge is 0.336 e. The van der Waals surface area contributed by atoms with Crippen molar-refractivity contribution in [3.8, 4) is 0 Å². The van der Waals surface area contributed by atoms with Gasteiger partial charge in [0.05, 0.1) is 17.0 Å². The van der Waals surface area contributed by atoms with Gasteiger partial charge < -0.3 is 9.64 Å². The van der Waals surface area contributed by atoms with Crippen LogP contribution in [-0.2, 0) is 27.5 Å². The van der Waals surface area contributed by atoms with E-state index in [1.807, 2.05) is 62.4 Å². The fourth-order valence-electron chi connectivity index (χ4n) is 4.58. The van der Waals surface area contributed by atoms with Gasteiger partial charge in [0.15, 0.2) is 0 Å². The van der Waals surface area contributed by atoms with Crippen LogP contribution < -0.4 is 0 Å². The van der Waals surface area contributed by atoms with Gasteiger partial charge >= 0.3 is 5.97 Å². The third kappa shape index (κ3) is 5.35. The van der Waals surface area contributed by atoms with Crippen molar-refractivity contribution in [2.24, 2.45) is 0 Å². The Morgan fingerprint density at radius 2 is 1.69 bits per heavy atom. The second-order valence-corrected chi connectivity index (χ2v) is 9.08. The normalized spacial score (nSPS) is 15.7. The van der Waals surface area contributed by atoms with E-state index >= 15 is 0 Å². The van der Waals surface area contributed by atoms with Gasteiger partial charge in [-0.2, -0.15) is 0 Å². The number of aryl methyl sites for hydroxylation is 2. The zero-order valence-corrected chi connectivity index (χ0v) is 20.6. The van der Waals surface area contributed by atoms with Crippen LogP contribution in [0.5, 0.6) is 0 Å². The molecule has 0 aromatic heterocycles. The molecule has 1 unspecified atom stereocenters. The number of non-ortho nitro benzene ring substituents is 1. The summed E-state index contributed by atoms with van der Waals surface area (Å²) < 4.78 is 5.73. The number of amides is 1. The fraction of sp³-hybridized carbons (Fsp3) is 0.241. The number of nitro groups is 1. The maximum Gasteiger partial charge on any atom is 0.336 e. The van der Waals surface area contributed by atoms with E-state index < -0.39 is 16.8 Å². The summed E-state index contributed by atoms with van der Waals surface area (Å²) in [6.45, 7) is 6.06. The molecule has 0 aliphatic carbocycles. The molecule has 0 N–H and O–H groups in total. The van der Waals surface area contributed by atoms with Gasteiger partial charge in [-0.25, -0.2) is 4.79 Å². The summed E-state index contributed by atoms with van der Waals surface area (Å²) in [4.78, 5) is 38.9. The zero-order chi connectivity index (χ0) is 25.8. The molecule has 0 bridgehead atoms. The molecule has 0 radical (unpaired) electrons. The highest BCUT2D eigenvalue weighted by molar-refractivity contribution is 5.96. The monoisotopic (exact) mass is 484 g/mol. The number of nitro benzene ring substituents is 1. The molecule has 1 aliphatic rings. The topological polar surface area (TPSA) is 89.8 Å². The fourth-order valence-corrected chi connectivity index (χ4v) is 4.58. The van der Waals surface area contributed by atoms with Crippen LogP contribution in [0.25, 0.3) is 0 Å². The Morgan fingerprint density at radius 3 is 2.36 bits per heavy atom. The molecule has 1 atom stereocenters. The quantitative estimate of drug-likeness (QED) is 0.242. The second kappa shape index (κ2) is 10.6. The van der Waals surface area contributed by atoms with Crippen molar-refractivity contribution in [3.63, 3.8) is 0 Å². The lowest BCUT2D eigenvalue weighted by atomic mass is 9.81. The van der Waals surface area contributed by atoms with Crippen molar-refractivity contribution < 1.29 is 19.2 Å². The third-order valence-corrected chi connectivity index (χ3v) is 6.55. The number of nitrogens with zero attached hydrogens (tertiary/aromatic N) is 2. The zero-order valence-electron chi connectivity index (χ0n) is 20.6. The van der Waals surface area contributed by atoms with Crippen LogP contribution >= 0.6 is 0 Å². The maximum atomic E-state index is 13.5. The van der Waals surface area contributed by atoms with Gasteiger partial charge in [-0.15, -0.1) is 0 Å². The minimum atomic E-state index is -0.462. The summed E-state index contributed by atoms with van der Waals surface area (Å²) in [7, 11) is 0. The Hall–Kier alpha value is -4.26. The molecule has 184 valence electrons. The van der Waals surface area contributed by atoms with E-state index in [9.17, 15) is 19.7 Å². The van der Waals surface area contributed by atoms with Gasteiger partial charge in [-0.1, -0.05) is 66.2 Å². The van der Waals surface area contributed by atoms with Gasteiger partial charge in [0.25, 0.3) is 5.69 Å². The number of carbonyl (C=O) groups excluding carboxylic acids is 2. The minimum absolute atomic E-state index is 0.0175. The van der Waals surface area contributed by atoms with Crippen LogP contribution in [0.4, 0.5) is 5.69 Å². The highest BCUT2D eigenvalue weighted by Crippen LogP contribution is 2.39. The van der Waals surface area contributed by atoms with Crippen LogP contribution in [0.3, 0.4) is 0 Å². The van der Waals surface area contributed by atoms with E-state index in [0.29, 0.717) is 11.3 Å². The number of allylic oxidation sites excluding steroid dienone is 1. The van der Waals surface area contributed by atoms with Crippen molar-refractivity contribution >= 4 is 17.6 Å². The molecule has 1 heterocycles. The lowest BCUT2D eigenvalue weighted by Crippen LogP contribution is -2.38. The average molecular weight is 485 g/mol. The van der Waals surface area contributed by atoms with E-state index in [2.05, 4.69) is 0 Å². The van der Waals surface area contributed by atoms with Crippen LogP contribution in [0, 0.1) is 24.0 Å². The number of hydrogen-bond donors (Lipinski definition) is 0. The van der Waals surface area contributed by atoms with Gasteiger partial charge in [0.1, 0.15) is 6.61 Å². The summed E-state index contributed by atoms with van der Waals surface area (Å²) in [6.07, 6.45) is 0.129. The van der Waals surface area contributed by atoms with Crippen molar-refractivity contribution in [1.29, 1.82) is 0 Å². The van der Waals surface area contributed by atoms with E-state index in [1.54, 1.807) is 24.0 Å². The summed E-state index contributed by atoms with van der Waals surface area (Å²) in [6, 6.07) is 21.6. The van der Waals surface area contributed by atoms with E-state index in [4.69, 9.17) is 4.74 Å². The lowest BCUT2D eigenvalue weighted by molar-refractivity contribution is -0.384. The van der Waals surface area contributed by atoms with Gasteiger partial charge in [-0.3, -0.25) is 14.9 Å². The van der Waals surface area contributed by atoms with Crippen molar-refractivity contribution in [2.45, 2.75) is 46.3 Å². The summed E-state index contributed by atoms with van der Waals surface area (Å²) in [5.41, 5.74) is 5.57. The van der Waals surface area contributed by atoms with Gasteiger partial charge in [0, 0.05) is 30.2 Å². The number of benzene rings is 3. The molecule has 0 spiro atoms. The number of ether oxygens (including phenoxy) is 1. The molecule has 1 amide bonds. The first-order chi connectivity index (χ1) is 17.2. The Balaban J connectivity index is 1.70. The predicted molar refractivity (Wildman–Crippen MR) is 136 cm³/mol. The van der Waals surface area contributed by atoms with Crippen molar-refractivity contribution in [3.05, 3.63) is 122 Å². The van der Waals surface area contributed by atoms with Crippen LogP contribution in [-0.4, -0.2) is 21.7 Å². The largest absolute Gasteiger partial charge is 0.457 e. The molecule has 1 aliphatic heterocycles. The Kier molecular flexibility index (Phi) is 7.29. The first-order valence-corrected chi connectivity index (χ1v) is 11.8. The van der Waals surface area contributed by atoms with Crippen molar-refractivity contribution in [2.75, 3.05) is 0 Å². The summed E-state index contributed by atoms with van der Waals surface area (Å²) in [5, 5.41) is 11.0. The van der Waals surface area contributed by atoms with Crippen molar-refractivity contribution in [1.82, 2.24) is 4.90 Å². The molecule has 4 rings (SSSR count). The van der Waals surface area contributed by atoms with Crippen LogP contribution in [0.1, 0.15) is 47.1 Å². The Morgan fingerprint density at radius 1 is 1.00 bits per heavy atom. The summed E-state index contributed by atoms with van der Waals surface area (Å²) >= 11 is 0. The molecular weight excluding hydrogens is 456 g/mol. The highest BCUT2D eigenvalue weighted by Gasteiger charge is 2.37. The molecule has 0 fully saturated rings. The second-order valence-electron chi connectivity index (χ2n) is 9.08. The van der Waals surface area contributed by atoms with Gasteiger partial charge in [-0.05, 0) is 43.0 Å². The molecule has 7 heteroatoms. The lowest BCUT2D eigenvalue weighted by Gasteiger charge is -2.35. The SMILES string of the molecule is CC1=C(C(=O)OCc2ccccc2)C(c2cc(C)ccc2C)CC(=O)N1Cc1ccc([N+](=O)[O-])cc1. The predicted octanol–water partition coefficient (Wildman–Crippen LogP) is 5.75. The molecule has 7 nitrogen and oxygen atoms in total. The van der Waals surface area contributed by atoms with Crippen LogP contribution in [0.2, 0.25) is 0 Å². The Bertz CT molecular complexity index is 1330. The first kappa shape index (κ1) is 24.9. The standard InChI is InChI=1S/C29H28N2O5/c1-19-9-10-20(2)25(15-19)26-16-27(32)30(17-22-11-13-24(14-12-22)31(34)35)21(3)28(26)29(33)36-18-23-7-5-4-6-8-23/h4-15,26H,16-18H2,1-3H3. The number of esters is 1. The molecule has 3 aromatic rings. The van der Waals surface area contributed by atoms with E-state index in [-0.39, 0.29) is 31.2 Å². The van der Waals surface area contributed by atoms with Gasteiger partial charge in [0.2, 0.25) is 5.91 Å². The molecule has 0 saturated carbocycles. The minimum Gasteiger partial charge on any atom is -0.457 e. The summed E-state index contributed by atoms with van der Waals surface area (Å²) in [5.74, 6) is -0.992.